The SMILES string of the molecule is Cc1n[nH]c(C)c1NC(C)c1cc2ccccc2o1. The van der Waals surface area contributed by atoms with Crippen LogP contribution in [-0.2, 0) is 0 Å². The molecule has 2 aromatic heterocycles. The highest BCUT2D eigenvalue weighted by atomic mass is 16.3. The van der Waals surface area contributed by atoms with Gasteiger partial charge in [0.25, 0.3) is 0 Å². The summed E-state index contributed by atoms with van der Waals surface area (Å²) in [5, 5.41) is 11.7. The summed E-state index contributed by atoms with van der Waals surface area (Å²) in [5.41, 5.74) is 3.99. The zero-order chi connectivity index (χ0) is 13.4. The number of furan rings is 1. The third-order valence-corrected chi connectivity index (χ3v) is 3.36. The fraction of sp³-hybridized carbons (Fsp3) is 0.267. The quantitative estimate of drug-likeness (QED) is 0.745. The summed E-state index contributed by atoms with van der Waals surface area (Å²) in [5.74, 6) is 0.932. The second-order valence-corrected chi connectivity index (χ2v) is 4.86. The maximum Gasteiger partial charge on any atom is 0.134 e. The number of benzene rings is 1. The first-order chi connectivity index (χ1) is 9.15. The Bertz CT molecular complexity index is 659. The van der Waals surface area contributed by atoms with Crippen molar-refractivity contribution in [1.82, 2.24) is 10.2 Å². The van der Waals surface area contributed by atoms with Gasteiger partial charge in [-0.05, 0) is 32.9 Å². The van der Waals surface area contributed by atoms with E-state index in [-0.39, 0.29) is 6.04 Å². The number of rotatable bonds is 3. The van der Waals surface area contributed by atoms with Gasteiger partial charge in [-0.3, -0.25) is 5.10 Å². The maximum absolute atomic E-state index is 5.87. The number of nitrogens with zero attached hydrogens (tertiary/aromatic N) is 1. The first kappa shape index (κ1) is 11.8. The predicted octanol–water partition coefficient (Wildman–Crippen LogP) is 3.95. The fourth-order valence-corrected chi connectivity index (χ4v) is 2.27. The van der Waals surface area contributed by atoms with E-state index in [1.165, 1.54) is 0 Å². The van der Waals surface area contributed by atoms with E-state index in [1.807, 2.05) is 32.0 Å². The van der Waals surface area contributed by atoms with Crippen molar-refractivity contribution >= 4 is 16.7 Å². The van der Waals surface area contributed by atoms with Crippen LogP contribution in [0.15, 0.2) is 34.7 Å². The third kappa shape index (κ3) is 2.10. The van der Waals surface area contributed by atoms with Gasteiger partial charge in [-0.1, -0.05) is 18.2 Å². The van der Waals surface area contributed by atoms with Crippen molar-refractivity contribution in [2.75, 3.05) is 5.32 Å². The van der Waals surface area contributed by atoms with Crippen LogP contribution in [0.3, 0.4) is 0 Å². The summed E-state index contributed by atoms with van der Waals surface area (Å²) in [7, 11) is 0. The Balaban J connectivity index is 1.89. The molecule has 3 rings (SSSR count). The number of aromatic nitrogens is 2. The minimum atomic E-state index is 0.0994. The molecule has 0 saturated heterocycles. The highest BCUT2D eigenvalue weighted by Gasteiger charge is 2.14. The van der Waals surface area contributed by atoms with E-state index in [1.54, 1.807) is 0 Å². The van der Waals surface area contributed by atoms with Gasteiger partial charge in [0.05, 0.1) is 23.1 Å². The van der Waals surface area contributed by atoms with Crippen LogP contribution < -0.4 is 5.32 Å². The molecule has 0 bridgehead atoms. The number of nitrogens with one attached hydrogen (secondary N) is 2. The fourth-order valence-electron chi connectivity index (χ4n) is 2.27. The van der Waals surface area contributed by atoms with E-state index < -0.39 is 0 Å². The van der Waals surface area contributed by atoms with Crippen molar-refractivity contribution in [2.45, 2.75) is 26.8 Å². The summed E-state index contributed by atoms with van der Waals surface area (Å²) >= 11 is 0. The topological polar surface area (TPSA) is 53.9 Å². The number of hydrogen-bond acceptors (Lipinski definition) is 3. The van der Waals surface area contributed by atoms with Gasteiger partial charge in [0.15, 0.2) is 0 Å². The Labute approximate surface area is 111 Å². The van der Waals surface area contributed by atoms with Gasteiger partial charge in [0.2, 0.25) is 0 Å². The first-order valence-electron chi connectivity index (χ1n) is 6.41. The van der Waals surface area contributed by atoms with Gasteiger partial charge >= 0.3 is 0 Å². The van der Waals surface area contributed by atoms with Gasteiger partial charge in [-0.25, -0.2) is 0 Å². The zero-order valence-corrected chi connectivity index (χ0v) is 11.3. The third-order valence-electron chi connectivity index (χ3n) is 3.36. The van der Waals surface area contributed by atoms with Crippen molar-refractivity contribution in [1.29, 1.82) is 0 Å². The largest absolute Gasteiger partial charge is 0.459 e. The molecule has 0 spiro atoms. The monoisotopic (exact) mass is 255 g/mol. The minimum Gasteiger partial charge on any atom is -0.459 e. The number of H-pyrrole nitrogens is 1. The Hall–Kier alpha value is -2.23. The van der Waals surface area contributed by atoms with Crippen LogP contribution in [-0.4, -0.2) is 10.2 Å². The maximum atomic E-state index is 5.87. The van der Waals surface area contributed by atoms with Crippen LogP contribution in [0.5, 0.6) is 0 Å². The number of anilines is 1. The molecule has 1 atom stereocenters. The molecule has 0 aliphatic carbocycles. The predicted molar refractivity (Wildman–Crippen MR) is 76.3 cm³/mol. The molecule has 0 aliphatic rings. The van der Waals surface area contributed by atoms with Crippen LogP contribution in [0, 0.1) is 13.8 Å². The molecule has 0 fully saturated rings. The Morgan fingerprint density at radius 2 is 2.05 bits per heavy atom. The van der Waals surface area contributed by atoms with E-state index in [2.05, 4.69) is 34.6 Å². The van der Waals surface area contributed by atoms with E-state index in [0.29, 0.717) is 0 Å². The van der Waals surface area contributed by atoms with Gasteiger partial charge in [-0.2, -0.15) is 5.10 Å². The van der Waals surface area contributed by atoms with Crippen molar-refractivity contribution in [3.63, 3.8) is 0 Å². The van der Waals surface area contributed by atoms with E-state index in [9.17, 15) is 0 Å². The molecule has 98 valence electrons. The first-order valence-corrected chi connectivity index (χ1v) is 6.41. The Morgan fingerprint density at radius 3 is 2.74 bits per heavy atom. The van der Waals surface area contributed by atoms with Crippen LogP contribution in [0.1, 0.15) is 30.1 Å². The average molecular weight is 255 g/mol. The van der Waals surface area contributed by atoms with E-state index in [4.69, 9.17) is 4.42 Å². The molecule has 0 radical (unpaired) electrons. The molecule has 0 amide bonds. The average Bonchev–Trinajstić information content (AvgIpc) is 2.97. The summed E-state index contributed by atoms with van der Waals surface area (Å²) < 4.78 is 5.87. The van der Waals surface area contributed by atoms with E-state index in [0.717, 1.165) is 33.8 Å². The lowest BCUT2D eigenvalue weighted by atomic mass is 10.2. The summed E-state index contributed by atoms with van der Waals surface area (Å²) in [6.45, 7) is 6.08. The van der Waals surface area contributed by atoms with Crippen LogP contribution in [0.2, 0.25) is 0 Å². The smallest absolute Gasteiger partial charge is 0.134 e. The van der Waals surface area contributed by atoms with Crippen molar-refractivity contribution in [3.05, 3.63) is 47.5 Å². The van der Waals surface area contributed by atoms with Crippen molar-refractivity contribution < 1.29 is 4.42 Å². The molecule has 4 heteroatoms. The summed E-state index contributed by atoms with van der Waals surface area (Å²) in [4.78, 5) is 0. The molecule has 0 aliphatic heterocycles. The van der Waals surface area contributed by atoms with Gasteiger partial charge in [0.1, 0.15) is 11.3 Å². The van der Waals surface area contributed by atoms with Gasteiger partial charge in [-0.15, -0.1) is 0 Å². The minimum absolute atomic E-state index is 0.0994. The number of hydrogen-bond donors (Lipinski definition) is 2. The molecule has 2 N–H and O–H groups in total. The number of aryl methyl sites for hydroxylation is 2. The Morgan fingerprint density at radius 1 is 1.26 bits per heavy atom. The molecule has 4 nitrogen and oxygen atoms in total. The van der Waals surface area contributed by atoms with Crippen molar-refractivity contribution in [2.24, 2.45) is 0 Å². The lowest BCUT2D eigenvalue weighted by Gasteiger charge is -2.12. The number of para-hydroxylation sites is 1. The summed E-state index contributed by atoms with van der Waals surface area (Å²) in [6.07, 6.45) is 0. The molecule has 0 saturated carbocycles. The second-order valence-electron chi connectivity index (χ2n) is 4.86. The molecule has 1 unspecified atom stereocenters. The van der Waals surface area contributed by atoms with Crippen molar-refractivity contribution in [3.8, 4) is 0 Å². The highest BCUT2D eigenvalue weighted by Crippen LogP contribution is 2.27. The van der Waals surface area contributed by atoms with Gasteiger partial charge in [0, 0.05) is 5.39 Å². The van der Waals surface area contributed by atoms with E-state index >= 15 is 0 Å². The Kier molecular flexibility index (Phi) is 2.78. The molecule has 1 aromatic carbocycles. The molecule has 2 heterocycles. The normalized spacial score (nSPS) is 12.8. The lowest BCUT2D eigenvalue weighted by Crippen LogP contribution is -2.06. The molecule has 3 aromatic rings. The van der Waals surface area contributed by atoms with Gasteiger partial charge < -0.3 is 9.73 Å². The zero-order valence-electron chi connectivity index (χ0n) is 11.3. The van der Waals surface area contributed by atoms with Crippen LogP contribution in [0.25, 0.3) is 11.0 Å². The second kappa shape index (κ2) is 4.46. The molecule has 19 heavy (non-hydrogen) atoms. The molecular weight excluding hydrogens is 238 g/mol. The molecular formula is C15H17N3O. The van der Waals surface area contributed by atoms with Crippen LogP contribution in [0.4, 0.5) is 5.69 Å². The lowest BCUT2D eigenvalue weighted by molar-refractivity contribution is 0.526. The summed E-state index contributed by atoms with van der Waals surface area (Å²) in [6, 6.07) is 10.2. The highest BCUT2D eigenvalue weighted by molar-refractivity contribution is 5.78. The number of aromatic amines is 1. The van der Waals surface area contributed by atoms with Crippen LogP contribution >= 0.6 is 0 Å². The number of fused-ring (bicyclic) bond motifs is 1. The standard InChI is InChI=1S/C15H17N3O/c1-9(16-15-10(2)17-18-11(15)3)14-8-12-6-4-5-7-13(12)19-14/h4-9,16H,1-3H3,(H,17,18).